The van der Waals surface area contributed by atoms with Gasteiger partial charge in [0.15, 0.2) is 6.04 Å². The van der Waals surface area contributed by atoms with E-state index in [1.807, 2.05) is 55.4 Å². The Balaban J connectivity index is 2.62. The Bertz CT molecular complexity index is 728. The minimum absolute atomic E-state index is 0.557. The van der Waals surface area contributed by atoms with Gasteiger partial charge in [-0.05, 0) is 17.0 Å². The number of alkyl carbamates (subject to hydrolysis) is 1. The minimum Gasteiger partial charge on any atom is -0.467 e. The first-order valence-electron chi connectivity index (χ1n) is 7.11. The van der Waals surface area contributed by atoms with Gasteiger partial charge in [0.05, 0.1) is 14.2 Å². The Kier molecular flexibility index (Phi) is 5.05. The van der Waals surface area contributed by atoms with Gasteiger partial charge in [-0.25, -0.2) is 9.59 Å². The Morgan fingerprint density at radius 3 is 2.22 bits per heavy atom. The number of esters is 1. The molecule has 1 atom stereocenters. The molecule has 0 aliphatic heterocycles. The number of fused-ring (bicyclic) bond motifs is 1. The third-order valence-electron chi connectivity index (χ3n) is 3.61. The molecule has 0 heterocycles. The second-order valence-electron chi connectivity index (χ2n) is 5.21. The molecule has 23 heavy (non-hydrogen) atoms. The lowest BCUT2D eigenvalue weighted by Gasteiger charge is -2.21. The largest absolute Gasteiger partial charge is 0.467 e. The molecule has 2 rings (SSSR count). The number of amides is 1. The molecule has 0 aromatic heterocycles. The fourth-order valence-corrected chi connectivity index (χ4v) is 2.51. The highest BCUT2D eigenvalue weighted by Crippen LogP contribution is 2.32. The molecule has 2 aromatic rings. The van der Waals surface area contributed by atoms with Gasteiger partial charge >= 0.3 is 12.1 Å². The molecule has 122 valence electrons. The van der Waals surface area contributed by atoms with Gasteiger partial charge in [-0.2, -0.15) is 0 Å². The van der Waals surface area contributed by atoms with E-state index in [9.17, 15) is 9.59 Å². The van der Waals surface area contributed by atoms with E-state index in [1.165, 1.54) is 14.2 Å². The van der Waals surface area contributed by atoms with E-state index in [2.05, 4.69) is 10.1 Å². The molecule has 0 aliphatic rings. The summed E-state index contributed by atoms with van der Waals surface area (Å²) in [7, 11) is 6.43. The van der Waals surface area contributed by atoms with E-state index >= 15 is 0 Å². The Labute approximate surface area is 135 Å². The zero-order valence-corrected chi connectivity index (χ0v) is 13.6. The van der Waals surface area contributed by atoms with E-state index in [0.29, 0.717) is 5.56 Å². The van der Waals surface area contributed by atoms with Crippen molar-refractivity contribution in [1.82, 2.24) is 5.32 Å². The van der Waals surface area contributed by atoms with Crippen LogP contribution in [-0.4, -0.2) is 40.4 Å². The van der Waals surface area contributed by atoms with E-state index in [0.717, 1.165) is 16.5 Å². The Morgan fingerprint density at radius 1 is 1.00 bits per heavy atom. The van der Waals surface area contributed by atoms with Crippen LogP contribution in [-0.2, 0) is 14.3 Å². The van der Waals surface area contributed by atoms with E-state index < -0.39 is 18.1 Å². The van der Waals surface area contributed by atoms with Crippen LogP contribution in [0.4, 0.5) is 10.5 Å². The first kappa shape index (κ1) is 16.6. The van der Waals surface area contributed by atoms with E-state index in [-0.39, 0.29) is 0 Å². The zero-order chi connectivity index (χ0) is 17.0. The maximum absolute atomic E-state index is 12.1. The number of carbonyl (C=O) groups excluding carboxylic acids is 2. The standard InChI is InChI=1S/C17H20N2O4/c1-19(2)14-10-9-13(11-7-5-6-8-12(11)14)15(16(20)22-3)18-17(21)23-4/h5-10,15H,1-4H3,(H,18,21). The second kappa shape index (κ2) is 7.00. The van der Waals surface area contributed by atoms with Crippen LogP contribution in [0.5, 0.6) is 0 Å². The minimum atomic E-state index is -0.937. The summed E-state index contributed by atoms with van der Waals surface area (Å²) in [5.74, 6) is -0.557. The topological polar surface area (TPSA) is 67.9 Å². The summed E-state index contributed by atoms with van der Waals surface area (Å²) < 4.78 is 9.42. The molecule has 0 bridgehead atoms. The summed E-state index contributed by atoms with van der Waals surface area (Å²) in [5, 5.41) is 4.37. The van der Waals surface area contributed by atoms with Crippen LogP contribution in [0.2, 0.25) is 0 Å². The molecule has 1 unspecified atom stereocenters. The van der Waals surface area contributed by atoms with Crippen molar-refractivity contribution in [3.8, 4) is 0 Å². The SMILES string of the molecule is COC(=O)NC(C(=O)OC)c1ccc(N(C)C)c2ccccc12. The van der Waals surface area contributed by atoms with Crippen molar-refractivity contribution in [2.45, 2.75) is 6.04 Å². The Morgan fingerprint density at radius 2 is 1.65 bits per heavy atom. The quantitative estimate of drug-likeness (QED) is 0.878. The van der Waals surface area contributed by atoms with Crippen LogP contribution in [0.15, 0.2) is 36.4 Å². The number of nitrogens with zero attached hydrogens (tertiary/aromatic N) is 1. The van der Waals surface area contributed by atoms with E-state index in [4.69, 9.17) is 4.74 Å². The second-order valence-corrected chi connectivity index (χ2v) is 5.21. The third-order valence-corrected chi connectivity index (χ3v) is 3.61. The zero-order valence-electron chi connectivity index (χ0n) is 13.6. The van der Waals surface area contributed by atoms with Crippen molar-refractivity contribution >= 4 is 28.5 Å². The highest BCUT2D eigenvalue weighted by Gasteiger charge is 2.26. The number of methoxy groups -OCH3 is 2. The van der Waals surface area contributed by atoms with Crippen molar-refractivity contribution in [2.24, 2.45) is 0 Å². The van der Waals surface area contributed by atoms with Gasteiger partial charge < -0.3 is 19.7 Å². The number of hydrogen-bond donors (Lipinski definition) is 1. The third kappa shape index (κ3) is 3.36. The van der Waals surface area contributed by atoms with Crippen LogP contribution >= 0.6 is 0 Å². The summed E-state index contributed by atoms with van der Waals surface area (Å²) in [6.07, 6.45) is -0.693. The van der Waals surface area contributed by atoms with Crippen molar-refractivity contribution in [1.29, 1.82) is 0 Å². The predicted octanol–water partition coefficient (Wildman–Crippen LogP) is 2.48. The molecular formula is C17H20N2O4. The maximum Gasteiger partial charge on any atom is 0.407 e. The van der Waals surface area contributed by atoms with Gasteiger partial charge in [0.2, 0.25) is 0 Å². The Hall–Kier alpha value is -2.76. The molecule has 6 nitrogen and oxygen atoms in total. The first-order chi connectivity index (χ1) is 11.0. The van der Waals surface area contributed by atoms with Gasteiger partial charge in [-0.15, -0.1) is 0 Å². The number of anilines is 1. The molecule has 0 radical (unpaired) electrons. The summed E-state index contributed by atoms with van der Waals surface area (Å²) in [6, 6.07) is 10.5. The number of carbonyl (C=O) groups is 2. The van der Waals surface area contributed by atoms with Crippen molar-refractivity contribution < 1.29 is 19.1 Å². The molecule has 0 aliphatic carbocycles. The molecule has 0 saturated heterocycles. The van der Waals surface area contributed by atoms with Crippen molar-refractivity contribution in [3.05, 3.63) is 42.0 Å². The van der Waals surface area contributed by atoms with Crippen LogP contribution in [0.1, 0.15) is 11.6 Å². The highest BCUT2D eigenvalue weighted by molar-refractivity contribution is 5.99. The lowest BCUT2D eigenvalue weighted by Crippen LogP contribution is -2.34. The predicted molar refractivity (Wildman–Crippen MR) is 88.6 cm³/mol. The van der Waals surface area contributed by atoms with Gasteiger partial charge in [0.1, 0.15) is 0 Å². The number of rotatable bonds is 4. The molecule has 1 N–H and O–H groups in total. The summed E-state index contributed by atoms with van der Waals surface area (Å²) in [4.78, 5) is 25.7. The highest BCUT2D eigenvalue weighted by atomic mass is 16.5. The lowest BCUT2D eigenvalue weighted by atomic mass is 9.97. The van der Waals surface area contributed by atoms with Gasteiger partial charge in [0, 0.05) is 25.2 Å². The number of nitrogens with one attached hydrogen (secondary N) is 1. The fraction of sp³-hybridized carbons (Fsp3) is 0.294. The van der Waals surface area contributed by atoms with Crippen molar-refractivity contribution in [2.75, 3.05) is 33.2 Å². The first-order valence-corrected chi connectivity index (χ1v) is 7.11. The van der Waals surface area contributed by atoms with Crippen molar-refractivity contribution in [3.63, 3.8) is 0 Å². The van der Waals surface area contributed by atoms with Gasteiger partial charge in [-0.1, -0.05) is 30.3 Å². The summed E-state index contributed by atoms with van der Waals surface area (Å²) in [6.45, 7) is 0. The van der Waals surface area contributed by atoms with Crippen LogP contribution in [0.3, 0.4) is 0 Å². The monoisotopic (exact) mass is 316 g/mol. The number of benzene rings is 2. The average molecular weight is 316 g/mol. The van der Waals surface area contributed by atoms with E-state index in [1.54, 1.807) is 0 Å². The molecule has 0 fully saturated rings. The van der Waals surface area contributed by atoms with Crippen LogP contribution in [0, 0.1) is 0 Å². The normalized spacial score (nSPS) is 11.7. The molecule has 0 spiro atoms. The molecule has 2 aromatic carbocycles. The van der Waals surface area contributed by atoms with Gasteiger partial charge in [0.25, 0.3) is 0 Å². The average Bonchev–Trinajstić information content (AvgIpc) is 2.57. The summed E-state index contributed by atoms with van der Waals surface area (Å²) in [5.41, 5.74) is 1.68. The summed E-state index contributed by atoms with van der Waals surface area (Å²) >= 11 is 0. The molecule has 1 amide bonds. The number of ether oxygens (including phenoxy) is 2. The fourth-order valence-electron chi connectivity index (χ4n) is 2.51. The van der Waals surface area contributed by atoms with Crippen LogP contribution in [0.25, 0.3) is 10.8 Å². The molecule has 6 heteroatoms. The molecular weight excluding hydrogens is 296 g/mol. The number of hydrogen-bond acceptors (Lipinski definition) is 5. The molecule has 0 saturated carbocycles. The van der Waals surface area contributed by atoms with Crippen LogP contribution < -0.4 is 10.2 Å². The smallest absolute Gasteiger partial charge is 0.407 e. The maximum atomic E-state index is 12.1. The van der Waals surface area contributed by atoms with Gasteiger partial charge in [-0.3, -0.25) is 0 Å². The lowest BCUT2D eigenvalue weighted by molar-refractivity contribution is -0.143.